The lowest BCUT2D eigenvalue weighted by Crippen LogP contribution is -2.27. The molecule has 4 aromatic rings. The molecule has 7 heteroatoms. The number of rotatable bonds is 5. The van der Waals surface area contributed by atoms with Gasteiger partial charge in [-0.2, -0.15) is 0 Å². The minimum atomic E-state index is -0.0730. The summed E-state index contributed by atoms with van der Waals surface area (Å²) in [4.78, 5) is 19.0. The van der Waals surface area contributed by atoms with E-state index in [9.17, 15) is 4.79 Å². The Morgan fingerprint density at radius 2 is 1.93 bits per heavy atom. The second-order valence-corrected chi connectivity index (χ2v) is 7.21. The fourth-order valence-corrected chi connectivity index (χ4v) is 3.56. The normalized spacial score (nSPS) is 11.0. The van der Waals surface area contributed by atoms with Crippen LogP contribution < -0.4 is 4.74 Å². The van der Waals surface area contributed by atoms with Crippen molar-refractivity contribution >= 4 is 28.5 Å². The van der Waals surface area contributed by atoms with Crippen LogP contribution in [0, 0.1) is 0 Å². The Kier molecular flexibility index (Phi) is 5.03. The highest BCUT2D eigenvalue weighted by Crippen LogP contribution is 2.22. The van der Waals surface area contributed by atoms with Crippen LogP contribution in [0.2, 0.25) is 5.28 Å². The maximum absolute atomic E-state index is 13.0. The zero-order valence-electron chi connectivity index (χ0n) is 16.5. The van der Waals surface area contributed by atoms with E-state index in [4.69, 9.17) is 16.3 Å². The topological polar surface area (TPSA) is 52.3 Å². The zero-order valence-corrected chi connectivity index (χ0v) is 17.2. The van der Waals surface area contributed by atoms with E-state index in [1.807, 2.05) is 61.8 Å². The number of methoxy groups -OCH3 is 1. The number of nitrogens with zero attached hydrogens (tertiary/aromatic N) is 4. The molecule has 0 atom stereocenters. The van der Waals surface area contributed by atoms with Gasteiger partial charge in [-0.25, -0.2) is 4.98 Å². The number of amides is 1. The Hall–Kier alpha value is -3.25. The third-order valence-corrected chi connectivity index (χ3v) is 5.34. The second kappa shape index (κ2) is 7.64. The Morgan fingerprint density at radius 3 is 2.66 bits per heavy atom. The third-order valence-electron chi connectivity index (χ3n) is 5.00. The number of halogens is 1. The van der Waals surface area contributed by atoms with Gasteiger partial charge in [-0.1, -0.05) is 0 Å². The van der Waals surface area contributed by atoms with E-state index < -0.39 is 0 Å². The number of carbonyl (C=O) groups excluding carboxylic acids is 1. The fourth-order valence-electron chi connectivity index (χ4n) is 3.38. The van der Waals surface area contributed by atoms with E-state index in [1.54, 1.807) is 29.7 Å². The number of hydrogen-bond acceptors (Lipinski definition) is 3. The molecule has 2 heterocycles. The van der Waals surface area contributed by atoms with E-state index >= 15 is 0 Å². The molecule has 0 saturated carbocycles. The summed E-state index contributed by atoms with van der Waals surface area (Å²) in [5, 5.41) is 0.398. The Labute approximate surface area is 173 Å². The summed E-state index contributed by atoms with van der Waals surface area (Å²) in [6, 6.07) is 17.3. The maximum atomic E-state index is 13.0. The van der Waals surface area contributed by atoms with Crippen LogP contribution in [0.15, 0.2) is 60.8 Å². The molecule has 0 radical (unpaired) electrons. The van der Waals surface area contributed by atoms with Crippen molar-refractivity contribution in [1.29, 1.82) is 0 Å². The van der Waals surface area contributed by atoms with Crippen molar-refractivity contribution in [3.8, 4) is 11.4 Å². The minimum Gasteiger partial charge on any atom is -0.497 e. The lowest BCUT2D eigenvalue weighted by atomic mass is 10.1. The molecule has 1 amide bonds. The first-order valence-electron chi connectivity index (χ1n) is 9.16. The van der Waals surface area contributed by atoms with Gasteiger partial charge < -0.3 is 18.8 Å². The van der Waals surface area contributed by atoms with Gasteiger partial charge in [0, 0.05) is 37.2 Å². The van der Waals surface area contributed by atoms with E-state index in [-0.39, 0.29) is 5.91 Å². The van der Waals surface area contributed by atoms with Crippen LogP contribution in [-0.4, -0.2) is 39.1 Å². The summed E-state index contributed by atoms with van der Waals surface area (Å²) in [6.07, 6.45) is 1.98. The third kappa shape index (κ3) is 3.59. The summed E-state index contributed by atoms with van der Waals surface area (Å²) in [6.45, 7) is 0.471. The highest BCUT2D eigenvalue weighted by molar-refractivity contribution is 6.29. The van der Waals surface area contributed by atoms with Crippen molar-refractivity contribution in [3.05, 3.63) is 77.3 Å². The monoisotopic (exact) mass is 408 g/mol. The van der Waals surface area contributed by atoms with Gasteiger partial charge in [0.15, 0.2) is 0 Å². The number of fused-ring (bicyclic) bond motifs is 1. The van der Waals surface area contributed by atoms with Gasteiger partial charge in [0.05, 0.1) is 24.7 Å². The molecule has 0 unspecified atom stereocenters. The number of benzene rings is 2. The summed E-state index contributed by atoms with van der Waals surface area (Å²) in [5.41, 5.74) is 4.20. The molecule has 0 aliphatic rings. The van der Waals surface area contributed by atoms with Crippen LogP contribution in [0.25, 0.3) is 16.7 Å². The molecule has 6 nitrogen and oxygen atoms in total. The number of ether oxygens (including phenoxy) is 1. The zero-order chi connectivity index (χ0) is 20.5. The number of hydrogen-bond donors (Lipinski definition) is 0. The molecular weight excluding hydrogens is 388 g/mol. The van der Waals surface area contributed by atoms with Crippen molar-refractivity contribution in [2.75, 3.05) is 14.2 Å². The van der Waals surface area contributed by atoms with Gasteiger partial charge in [0.2, 0.25) is 5.28 Å². The van der Waals surface area contributed by atoms with Crippen LogP contribution in [0.5, 0.6) is 5.75 Å². The molecule has 0 spiro atoms. The standard InChI is InChI=1S/C22H21ClN4O2/c1-25(21(28)15-6-11-20-19(13-15)24-22(23)26(20)2)14-17-5-4-12-27(17)16-7-9-18(29-3)10-8-16/h4-13H,14H2,1-3H3. The highest BCUT2D eigenvalue weighted by Gasteiger charge is 2.16. The number of aryl methyl sites for hydroxylation is 1. The average molecular weight is 409 g/mol. The predicted molar refractivity (Wildman–Crippen MR) is 114 cm³/mol. The molecule has 2 aromatic carbocycles. The van der Waals surface area contributed by atoms with Crippen LogP contribution in [-0.2, 0) is 13.6 Å². The second-order valence-electron chi connectivity index (χ2n) is 6.87. The van der Waals surface area contributed by atoms with E-state index in [2.05, 4.69) is 9.55 Å². The lowest BCUT2D eigenvalue weighted by Gasteiger charge is -2.19. The first-order valence-corrected chi connectivity index (χ1v) is 9.54. The summed E-state index contributed by atoms with van der Waals surface area (Å²) in [7, 11) is 5.29. The van der Waals surface area contributed by atoms with Crippen LogP contribution in [0.1, 0.15) is 16.1 Å². The first kappa shape index (κ1) is 19.1. The molecule has 29 heavy (non-hydrogen) atoms. The van der Waals surface area contributed by atoms with Crippen molar-refractivity contribution in [2.24, 2.45) is 7.05 Å². The molecule has 2 aromatic heterocycles. The van der Waals surface area contributed by atoms with E-state index in [0.29, 0.717) is 22.9 Å². The quantitative estimate of drug-likeness (QED) is 0.494. The summed E-state index contributed by atoms with van der Waals surface area (Å²) >= 11 is 6.08. The van der Waals surface area contributed by atoms with Gasteiger partial charge in [-0.3, -0.25) is 4.79 Å². The molecule has 0 saturated heterocycles. The van der Waals surface area contributed by atoms with Gasteiger partial charge in [0.1, 0.15) is 5.75 Å². The van der Waals surface area contributed by atoms with E-state index in [0.717, 1.165) is 22.6 Å². The Balaban J connectivity index is 1.56. The number of imidazole rings is 1. The first-order chi connectivity index (χ1) is 14.0. The Bertz CT molecular complexity index is 1180. The van der Waals surface area contributed by atoms with Crippen LogP contribution >= 0.6 is 11.6 Å². The van der Waals surface area contributed by atoms with Crippen LogP contribution in [0.4, 0.5) is 0 Å². The lowest BCUT2D eigenvalue weighted by molar-refractivity contribution is 0.0783. The van der Waals surface area contributed by atoms with Crippen molar-refractivity contribution in [2.45, 2.75) is 6.54 Å². The summed E-state index contributed by atoms with van der Waals surface area (Å²) < 4.78 is 9.07. The SMILES string of the molecule is COc1ccc(-n2cccc2CN(C)C(=O)c2ccc3c(c2)nc(Cl)n3C)cc1. The largest absolute Gasteiger partial charge is 0.497 e. The van der Waals surface area contributed by atoms with E-state index in [1.165, 1.54) is 0 Å². The predicted octanol–water partition coefficient (Wildman–Crippen LogP) is 4.30. The van der Waals surface area contributed by atoms with Gasteiger partial charge >= 0.3 is 0 Å². The van der Waals surface area contributed by atoms with Crippen molar-refractivity contribution in [1.82, 2.24) is 19.0 Å². The van der Waals surface area contributed by atoms with Gasteiger partial charge in [-0.05, 0) is 66.2 Å². The molecule has 4 rings (SSSR count). The van der Waals surface area contributed by atoms with Gasteiger partial charge in [0.25, 0.3) is 5.91 Å². The van der Waals surface area contributed by atoms with Crippen LogP contribution in [0.3, 0.4) is 0 Å². The molecular formula is C22H21ClN4O2. The molecule has 0 aliphatic heterocycles. The maximum Gasteiger partial charge on any atom is 0.254 e. The smallest absolute Gasteiger partial charge is 0.254 e. The van der Waals surface area contributed by atoms with Gasteiger partial charge in [-0.15, -0.1) is 0 Å². The number of carbonyl (C=O) groups is 1. The van der Waals surface area contributed by atoms with Crippen molar-refractivity contribution in [3.63, 3.8) is 0 Å². The molecule has 148 valence electrons. The number of aromatic nitrogens is 3. The molecule has 0 N–H and O–H groups in total. The molecule has 0 aliphatic carbocycles. The fraction of sp³-hybridized carbons (Fsp3) is 0.182. The average Bonchev–Trinajstić information content (AvgIpc) is 3.31. The highest BCUT2D eigenvalue weighted by atomic mass is 35.5. The van der Waals surface area contributed by atoms with Crippen molar-refractivity contribution < 1.29 is 9.53 Å². The summed E-state index contributed by atoms with van der Waals surface area (Å²) in [5.74, 6) is 0.732. The molecule has 0 bridgehead atoms. The molecule has 0 fully saturated rings. The Morgan fingerprint density at radius 1 is 1.17 bits per heavy atom. The minimum absolute atomic E-state index is 0.0730.